The SMILES string of the molecule is CCCCC/C=C\C/C=C\C/C=C\C/C=C\C/C=C\CCC(=O)O[C@H](COC(=O)CCC/C=C\C/C=C\CC1OC1C/C=C\CCCCC)COP(=O)(O)OCC[N+](C)(C)C. The molecule has 1 aliphatic heterocycles. The highest BCUT2D eigenvalue weighted by Gasteiger charge is 2.36. The van der Waals surface area contributed by atoms with Crippen molar-refractivity contribution in [3.63, 3.8) is 0 Å². The summed E-state index contributed by atoms with van der Waals surface area (Å²) < 4.78 is 39.9. The van der Waals surface area contributed by atoms with Gasteiger partial charge in [0, 0.05) is 12.8 Å². The highest BCUT2D eigenvalue weighted by Crippen LogP contribution is 2.43. The van der Waals surface area contributed by atoms with E-state index in [0.29, 0.717) is 36.1 Å². The van der Waals surface area contributed by atoms with Gasteiger partial charge in [0.05, 0.1) is 40.0 Å². The summed E-state index contributed by atoms with van der Waals surface area (Å²) in [7, 11) is 1.38. The molecule has 1 aliphatic rings. The van der Waals surface area contributed by atoms with Crippen LogP contribution in [-0.2, 0) is 37.4 Å². The molecule has 346 valence electrons. The van der Waals surface area contributed by atoms with Crippen molar-refractivity contribution in [2.75, 3.05) is 47.5 Å². The lowest BCUT2D eigenvalue weighted by Gasteiger charge is -2.24. The fourth-order valence-electron chi connectivity index (χ4n) is 5.73. The Morgan fingerprint density at radius 1 is 0.590 bits per heavy atom. The second-order valence-electron chi connectivity index (χ2n) is 16.5. The number of epoxide rings is 1. The van der Waals surface area contributed by atoms with Gasteiger partial charge < -0.3 is 23.6 Å². The van der Waals surface area contributed by atoms with Crippen LogP contribution >= 0.6 is 7.82 Å². The predicted molar refractivity (Wildman–Crippen MR) is 251 cm³/mol. The van der Waals surface area contributed by atoms with E-state index in [9.17, 15) is 19.0 Å². The molecule has 1 fully saturated rings. The molecule has 1 heterocycles. The maximum Gasteiger partial charge on any atom is 0.472 e. The van der Waals surface area contributed by atoms with E-state index in [1.165, 1.54) is 44.9 Å². The first-order chi connectivity index (χ1) is 29.5. The molecule has 0 bridgehead atoms. The number of unbranched alkanes of at least 4 members (excludes halogenated alkanes) is 7. The Morgan fingerprint density at radius 2 is 1.05 bits per heavy atom. The van der Waals surface area contributed by atoms with Gasteiger partial charge in [-0.05, 0) is 89.9 Å². The molecule has 0 aliphatic carbocycles. The Bertz CT molecular complexity index is 1420. The van der Waals surface area contributed by atoms with Crippen LogP contribution in [0, 0.1) is 0 Å². The normalized spacial score (nSPS) is 17.7. The van der Waals surface area contributed by atoms with E-state index in [-0.39, 0.29) is 26.1 Å². The lowest BCUT2D eigenvalue weighted by Crippen LogP contribution is -2.37. The third-order valence-electron chi connectivity index (χ3n) is 9.50. The number of esters is 2. The van der Waals surface area contributed by atoms with Crippen LogP contribution in [0.25, 0.3) is 0 Å². The fraction of sp³-hybridized carbons (Fsp3) is 0.640. The number of hydrogen-bond donors (Lipinski definition) is 1. The number of phosphoric acid groups is 1. The average molecular weight is 873 g/mol. The Hall–Kier alpha value is -3.11. The number of carbonyl (C=O) groups is 2. The van der Waals surface area contributed by atoms with Gasteiger partial charge in [0.25, 0.3) is 0 Å². The number of nitrogens with zero attached hydrogens (tertiary/aromatic N) is 1. The van der Waals surface area contributed by atoms with E-state index in [4.69, 9.17) is 23.3 Å². The molecule has 4 atom stereocenters. The maximum atomic E-state index is 12.7. The highest BCUT2D eigenvalue weighted by atomic mass is 31.2. The molecule has 0 aromatic rings. The summed E-state index contributed by atoms with van der Waals surface area (Å²) in [4.78, 5) is 35.4. The van der Waals surface area contributed by atoms with Crippen LogP contribution in [-0.4, -0.2) is 87.1 Å². The predicted octanol–water partition coefficient (Wildman–Crippen LogP) is 12.3. The molecule has 0 radical (unpaired) electrons. The van der Waals surface area contributed by atoms with Crippen molar-refractivity contribution in [2.24, 2.45) is 0 Å². The van der Waals surface area contributed by atoms with Gasteiger partial charge in [-0.1, -0.05) is 137 Å². The zero-order chi connectivity index (χ0) is 44.7. The van der Waals surface area contributed by atoms with Gasteiger partial charge in [0.2, 0.25) is 0 Å². The molecule has 1 rings (SSSR count). The number of phosphoric ester groups is 1. The van der Waals surface area contributed by atoms with Gasteiger partial charge >= 0.3 is 19.8 Å². The van der Waals surface area contributed by atoms with E-state index >= 15 is 0 Å². The second kappa shape index (κ2) is 37.4. The average Bonchev–Trinajstić information content (AvgIpc) is 3.97. The van der Waals surface area contributed by atoms with Crippen LogP contribution < -0.4 is 0 Å². The van der Waals surface area contributed by atoms with Gasteiger partial charge in [-0.3, -0.25) is 18.6 Å². The first-order valence-electron chi connectivity index (χ1n) is 23.1. The molecular formula is C50H83NO9P+. The lowest BCUT2D eigenvalue weighted by molar-refractivity contribution is -0.870. The first-order valence-corrected chi connectivity index (χ1v) is 24.6. The van der Waals surface area contributed by atoms with Crippen molar-refractivity contribution in [3.05, 3.63) is 97.2 Å². The molecule has 10 nitrogen and oxygen atoms in total. The smallest absolute Gasteiger partial charge is 0.462 e. The lowest BCUT2D eigenvalue weighted by atomic mass is 10.1. The molecule has 61 heavy (non-hydrogen) atoms. The Kier molecular flexibility index (Phi) is 34.3. The minimum absolute atomic E-state index is 0.00204. The van der Waals surface area contributed by atoms with Crippen molar-refractivity contribution in [1.82, 2.24) is 0 Å². The Morgan fingerprint density at radius 3 is 1.57 bits per heavy atom. The number of hydrogen-bond acceptors (Lipinski definition) is 8. The van der Waals surface area contributed by atoms with Gasteiger partial charge in [-0.2, -0.15) is 0 Å². The summed E-state index contributed by atoms with van der Waals surface area (Å²) in [5, 5.41) is 0. The number of allylic oxidation sites excluding steroid dienone is 14. The van der Waals surface area contributed by atoms with Crippen LogP contribution in [0.4, 0.5) is 0 Å². The number of ether oxygens (including phenoxy) is 3. The zero-order valence-corrected chi connectivity index (χ0v) is 39.4. The van der Waals surface area contributed by atoms with Crippen LogP contribution in [0.2, 0.25) is 0 Å². The van der Waals surface area contributed by atoms with Crippen LogP contribution in [0.15, 0.2) is 97.2 Å². The summed E-state index contributed by atoms with van der Waals surface area (Å²) >= 11 is 0. The molecule has 0 aromatic carbocycles. The number of quaternary nitrogens is 1. The summed E-state index contributed by atoms with van der Waals surface area (Å²) in [5.41, 5.74) is 0. The molecule has 0 amide bonds. The van der Waals surface area contributed by atoms with E-state index in [2.05, 4.69) is 92.8 Å². The minimum Gasteiger partial charge on any atom is -0.462 e. The zero-order valence-electron chi connectivity index (χ0n) is 38.5. The molecule has 0 spiro atoms. The van der Waals surface area contributed by atoms with E-state index in [1.54, 1.807) is 0 Å². The van der Waals surface area contributed by atoms with Gasteiger partial charge in [-0.15, -0.1) is 0 Å². The summed E-state index contributed by atoms with van der Waals surface area (Å²) in [6.45, 7) is 4.18. The summed E-state index contributed by atoms with van der Waals surface area (Å²) in [5.74, 6) is -0.977. The van der Waals surface area contributed by atoms with Gasteiger partial charge in [0.1, 0.15) is 19.8 Å². The topological polar surface area (TPSA) is 121 Å². The van der Waals surface area contributed by atoms with Crippen molar-refractivity contribution in [2.45, 2.75) is 161 Å². The molecule has 0 aromatic heterocycles. The Labute approximate surface area is 370 Å². The summed E-state index contributed by atoms with van der Waals surface area (Å²) in [6, 6.07) is 0. The van der Waals surface area contributed by atoms with Crippen molar-refractivity contribution >= 4 is 19.8 Å². The first kappa shape index (κ1) is 55.9. The van der Waals surface area contributed by atoms with Gasteiger partial charge in [-0.25, -0.2) is 4.57 Å². The van der Waals surface area contributed by atoms with Crippen LogP contribution in [0.3, 0.4) is 0 Å². The number of likely N-dealkylation sites (N-methyl/N-ethyl adjacent to an activating group) is 1. The molecule has 1 N–H and O–H groups in total. The number of carbonyl (C=O) groups excluding carboxylic acids is 2. The third kappa shape index (κ3) is 38.3. The molecular weight excluding hydrogens is 790 g/mol. The van der Waals surface area contributed by atoms with E-state index < -0.39 is 32.5 Å². The van der Waals surface area contributed by atoms with Crippen molar-refractivity contribution in [3.8, 4) is 0 Å². The van der Waals surface area contributed by atoms with Crippen LogP contribution in [0.1, 0.15) is 142 Å². The third-order valence-corrected chi connectivity index (χ3v) is 10.5. The quantitative estimate of drug-likeness (QED) is 0.0161. The standard InChI is InChI=1S/C50H82NO9P/c1-6-8-10-12-14-15-16-17-18-19-20-21-22-23-24-25-28-33-37-41-50(53)59-46(45-58-61(54,55)57-43-42-51(3,4)5)44-56-49(52)40-36-32-29-26-27-31-35-39-48-47(60-48)38-34-30-13-11-9-7-2/h14-15,17-18,20-21,23-24,26,28-31,33-35,46-48H,6-13,16,19,22,25,27,32,36-45H2,1-5H3/p+1/b15-14-,18-17-,21-20-,24-23-,29-26-,33-28-,34-30-,35-31-/t46-,47?,48?/m1/s1. The number of rotatable bonds is 39. The molecule has 1 saturated heterocycles. The Balaban J connectivity index is 2.38. The van der Waals surface area contributed by atoms with Crippen LogP contribution in [0.5, 0.6) is 0 Å². The van der Waals surface area contributed by atoms with Crippen molar-refractivity contribution < 1.29 is 46.8 Å². The summed E-state index contributed by atoms with van der Waals surface area (Å²) in [6.07, 6.45) is 52.2. The second-order valence-corrected chi connectivity index (χ2v) is 17.9. The van der Waals surface area contributed by atoms with E-state index in [0.717, 1.165) is 57.8 Å². The van der Waals surface area contributed by atoms with E-state index in [1.807, 2.05) is 39.4 Å². The van der Waals surface area contributed by atoms with Gasteiger partial charge in [0.15, 0.2) is 6.10 Å². The molecule has 0 saturated carbocycles. The largest absolute Gasteiger partial charge is 0.472 e. The molecule has 11 heteroatoms. The minimum atomic E-state index is -4.42. The monoisotopic (exact) mass is 873 g/mol. The maximum absolute atomic E-state index is 12.7. The molecule has 3 unspecified atom stereocenters. The van der Waals surface area contributed by atoms with Crippen molar-refractivity contribution in [1.29, 1.82) is 0 Å². The fourth-order valence-corrected chi connectivity index (χ4v) is 6.48. The highest BCUT2D eigenvalue weighted by molar-refractivity contribution is 7.47.